The van der Waals surface area contributed by atoms with Gasteiger partial charge in [-0.25, -0.2) is 9.18 Å². The molecule has 8 heteroatoms. The van der Waals surface area contributed by atoms with Crippen molar-refractivity contribution in [2.24, 2.45) is 0 Å². The van der Waals surface area contributed by atoms with Crippen molar-refractivity contribution in [2.45, 2.75) is 39.3 Å². The van der Waals surface area contributed by atoms with Crippen LogP contribution >= 0.6 is 11.6 Å². The second-order valence-electron chi connectivity index (χ2n) is 5.54. The molecule has 1 amide bonds. The first-order chi connectivity index (χ1) is 12.0. The molecule has 0 aliphatic heterocycles. The van der Waals surface area contributed by atoms with Gasteiger partial charge in [0.25, 0.3) is 0 Å². The van der Waals surface area contributed by atoms with E-state index < -0.39 is 11.9 Å². The zero-order chi connectivity index (χ0) is 18.2. The fourth-order valence-corrected chi connectivity index (χ4v) is 2.34. The predicted octanol–water partition coefficient (Wildman–Crippen LogP) is 4.18. The predicted molar refractivity (Wildman–Crippen MR) is 92.0 cm³/mol. The highest BCUT2D eigenvalue weighted by Crippen LogP contribution is 2.18. The number of ether oxygens (including phenoxy) is 1. The van der Waals surface area contributed by atoms with E-state index in [1.165, 1.54) is 12.1 Å². The molecule has 134 valence electrons. The molecule has 1 aromatic carbocycles. The third-order valence-electron chi connectivity index (χ3n) is 3.43. The summed E-state index contributed by atoms with van der Waals surface area (Å²) >= 11 is 5.67. The first-order valence-corrected chi connectivity index (χ1v) is 8.23. The third-order valence-corrected chi connectivity index (χ3v) is 3.72. The van der Waals surface area contributed by atoms with Crippen LogP contribution in [0.15, 0.2) is 30.5 Å². The monoisotopic (exact) mass is 367 g/mol. The van der Waals surface area contributed by atoms with Crippen LogP contribution in [-0.4, -0.2) is 21.7 Å². The number of halogens is 2. The molecule has 1 N–H and O–H groups in total. The first kappa shape index (κ1) is 18.9. The number of nitrogens with zero attached hydrogens (tertiary/aromatic N) is 2. The van der Waals surface area contributed by atoms with Crippen molar-refractivity contribution < 1.29 is 18.7 Å². The van der Waals surface area contributed by atoms with Crippen LogP contribution in [0.5, 0.6) is 0 Å². The van der Waals surface area contributed by atoms with E-state index in [0.717, 1.165) is 12.8 Å². The Balaban J connectivity index is 1.77. The number of ketones is 1. The van der Waals surface area contributed by atoms with Gasteiger partial charge in [0, 0.05) is 30.8 Å². The molecule has 0 bridgehead atoms. The number of nitrogens with one attached hydrogen (secondary N) is 1. The van der Waals surface area contributed by atoms with Crippen molar-refractivity contribution in [3.8, 4) is 0 Å². The Hall–Kier alpha value is -2.41. The maximum absolute atomic E-state index is 13.7. The fraction of sp³-hybridized carbons (Fsp3) is 0.353. The number of carbonyl (C=O) groups is 2. The maximum Gasteiger partial charge on any atom is 0.413 e. The van der Waals surface area contributed by atoms with Crippen LogP contribution in [0, 0.1) is 5.82 Å². The molecule has 25 heavy (non-hydrogen) atoms. The van der Waals surface area contributed by atoms with Crippen molar-refractivity contribution in [3.05, 3.63) is 46.9 Å². The van der Waals surface area contributed by atoms with Crippen molar-refractivity contribution in [2.75, 3.05) is 5.32 Å². The average Bonchev–Trinajstić information content (AvgIpc) is 3.00. The Morgan fingerprint density at radius 3 is 2.88 bits per heavy atom. The summed E-state index contributed by atoms with van der Waals surface area (Å²) < 4.78 is 20.3. The van der Waals surface area contributed by atoms with Gasteiger partial charge in [-0.05, 0) is 25.8 Å². The molecule has 0 fully saturated rings. The number of aryl methyl sites for hydroxylation is 1. The lowest BCUT2D eigenvalue weighted by molar-refractivity contribution is -0.117. The minimum atomic E-state index is -0.735. The van der Waals surface area contributed by atoms with Gasteiger partial charge in [0.05, 0.1) is 5.02 Å². The molecule has 0 aliphatic rings. The molecular formula is C17H19ClFN3O3. The molecule has 6 nitrogen and oxygen atoms in total. The van der Waals surface area contributed by atoms with E-state index in [1.54, 1.807) is 29.9 Å². The Labute approximate surface area is 149 Å². The highest BCUT2D eigenvalue weighted by Gasteiger charge is 2.10. The second kappa shape index (κ2) is 9.17. The molecule has 2 rings (SSSR count). The summed E-state index contributed by atoms with van der Waals surface area (Å²) in [7, 11) is 0. The van der Waals surface area contributed by atoms with Gasteiger partial charge in [-0.15, -0.1) is 0 Å². The largest absolute Gasteiger partial charge is 0.444 e. The number of benzene rings is 1. The number of unbranched alkanes of at least 4 members (excludes halogenated alkanes) is 1. The number of carbonyl (C=O) groups excluding carboxylic acids is 2. The van der Waals surface area contributed by atoms with Crippen LogP contribution in [0.1, 0.15) is 31.7 Å². The lowest BCUT2D eigenvalue weighted by atomic mass is 10.2. The number of amides is 1. The number of rotatable bonds is 8. The fourth-order valence-electron chi connectivity index (χ4n) is 2.14. The summed E-state index contributed by atoms with van der Waals surface area (Å²) in [6.07, 6.45) is 3.16. The van der Waals surface area contributed by atoms with E-state index in [4.69, 9.17) is 16.3 Å². The molecule has 0 radical (unpaired) electrons. The average molecular weight is 368 g/mol. The lowest BCUT2D eigenvalue weighted by Gasteiger charge is -2.07. The van der Waals surface area contributed by atoms with Crippen molar-refractivity contribution in [1.29, 1.82) is 0 Å². The van der Waals surface area contributed by atoms with Crippen molar-refractivity contribution in [3.63, 3.8) is 0 Å². The smallest absolute Gasteiger partial charge is 0.413 e. The molecule has 0 atom stereocenters. The topological polar surface area (TPSA) is 73.2 Å². The van der Waals surface area contributed by atoms with Gasteiger partial charge in [0.1, 0.15) is 18.2 Å². The van der Waals surface area contributed by atoms with Crippen LogP contribution in [0.25, 0.3) is 0 Å². The third kappa shape index (κ3) is 6.19. The summed E-state index contributed by atoms with van der Waals surface area (Å²) in [6, 6.07) is 6.12. The van der Waals surface area contributed by atoms with Gasteiger partial charge in [0.15, 0.2) is 5.82 Å². The van der Waals surface area contributed by atoms with Crippen molar-refractivity contribution >= 4 is 29.3 Å². The molecule has 0 spiro atoms. The molecule has 1 aromatic heterocycles. The molecule has 2 aromatic rings. The summed E-state index contributed by atoms with van der Waals surface area (Å²) in [5, 5.41) is 6.63. The van der Waals surface area contributed by atoms with E-state index in [9.17, 15) is 14.0 Å². The Kier molecular flexibility index (Phi) is 6.94. The lowest BCUT2D eigenvalue weighted by Crippen LogP contribution is -2.14. The normalized spacial score (nSPS) is 10.5. The van der Waals surface area contributed by atoms with Crippen LogP contribution in [0.4, 0.5) is 15.0 Å². The minimum absolute atomic E-state index is 0.0231. The molecule has 0 unspecified atom stereocenters. The van der Waals surface area contributed by atoms with Gasteiger partial charge in [0.2, 0.25) is 0 Å². The van der Waals surface area contributed by atoms with Crippen molar-refractivity contribution in [1.82, 2.24) is 9.78 Å². The second-order valence-corrected chi connectivity index (χ2v) is 5.94. The van der Waals surface area contributed by atoms with Gasteiger partial charge in [-0.2, -0.15) is 5.10 Å². The summed E-state index contributed by atoms with van der Waals surface area (Å²) in [6.45, 7) is 1.98. The highest BCUT2D eigenvalue weighted by atomic mass is 35.5. The van der Waals surface area contributed by atoms with Gasteiger partial charge in [-0.3, -0.25) is 10.00 Å². The molecule has 0 saturated carbocycles. The summed E-state index contributed by atoms with van der Waals surface area (Å²) in [4.78, 5) is 22.6. The molecule has 1 heterocycles. The first-order valence-electron chi connectivity index (χ1n) is 7.85. The Bertz CT molecular complexity index is 748. The van der Waals surface area contributed by atoms with E-state index >= 15 is 0 Å². The standard InChI is InChI=1S/C17H19ClFN3O3/c1-12(23)5-2-3-9-22-10-8-15(21-22)20-17(24)25-11-13-6-4-7-14(18)16(13)19/h4,6-8,10H,2-3,5,9,11H2,1H3,(H,20,21,24). The quantitative estimate of drug-likeness (QED) is 0.710. The van der Waals surface area contributed by atoms with Crippen LogP contribution in [0.2, 0.25) is 5.02 Å². The number of hydrogen-bond donors (Lipinski definition) is 1. The van der Waals surface area contributed by atoms with Gasteiger partial charge >= 0.3 is 6.09 Å². The van der Waals surface area contributed by atoms with E-state index in [-0.39, 0.29) is 23.0 Å². The highest BCUT2D eigenvalue weighted by molar-refractivity contribution is 6.30. The van der Waals surface area contributed by atoms with Crippen LogP contribution in [0.3, 0.4) is 0 Å². The van der Waals surface area contributed by atoms with Crippen LogP contribution < -0.4 is 5.32 Å². The Morgan fingerprint density at radius 2 is 2.12 bits per heavy atom. The van der Waals surface area contributed by atoms with E-state index in [2.05, 4.69) is 10.4 Å². The van der Waals surface area contributed by atoms with Gasteiger partial charge < -0.3 is 9.53 Å². The number of aromatic nitrogens is 2. The van der Waals surface area contributed by atoms with Gasteiger partial charge in [-0.1, -0.05) is 23.7 Å². The molecular weight excluding hydrogens is 349 g/mol. The maximum atomic E-state index is 13.7. The zero-order valence-corrected chi connectivity index (χ0v) is 14.6. The number of anilines is 1. The Morgan fingerprint density at radius 1 is 1.32 bits per heavy atom. The van der Waals surface area contributed by atoms with E-state index in [0.29, 0.717) is 18.8 Å². The minimum Gasteiger partial charge on any atom is -0.444 e. The SMILES string of the molecule is CC(=O)CCCCn1ccc(NC(=O)OCc2cccc(Cl)c2F)n1. The summed E-state index contributed by atoms with van der Waals surface area (Å²) in [5.41, 5.74) is 0.193. The zero-order valence-electron chi connectivity index (χ0n) is 13.8. The number of Topliss-reactive ketones (excluding diaryl/α,β-unsaturated/α-hetero) is 1. The molecule has 0 aliphatic carbocycles. The summed E-state index contributed by atoms with van der Waals surface area (Å²) in [5.74, 6) is -0.100. The molecule has 0 saturated heterocycles. The van der Waals surface area contributed by atoms with E-state index in [1.807, 2.05) is 0 Å². The van der Waals surface area contributed by atoms with Crippen LogP contribution in [-0.2, 0) is 22.7 Å². The number of hydrogen-bond acceptors (Lipinski definition) is 4.